The van der Waals surface area contributed by atoms with E-state index >= 15 is 0 Å². The second-order valence-electron chi connectivity index (χ2n) is 4.68. The van der Waals surface area contributed by atoms with Crippen LogP contribution < -0.4 is 15.4 Å². The summed E-state index contributed by atoms with van der Waals surface area (Å²) in [7, 11) is 1.68. The highest BCUT2D eigenvalue weighted by Gasteiger charge is 2.16. The van der Waals surface area contributed by atoms with Gasteiger partial charge in [0.1, 0.15) is 0 Å². The van der Waals surface area contributed by atoms with Crippen LogP contribution in [0.15, 0.2) is 0 Å². The van der Waals surface area contributed by atoms with E-state index in [9.17, 15) is 0 Å². The van der Waals surface area contributed by atoms with Gasteiger partial charge in [0.05, 0.1) is 19.3 Å². The summed E-state index contributed by atoms with van der Waals surface area (Å²) in [6.45, 7) is 9.95. The van der Waals surface area contributed by atoms with E-state index < -0.39 is 0 Å². The van der Waals surface area contributed by atoms with Crippen molar-refractivity contribution in [3.63, 3.8) is 0 Å². The average Bonchev–Trinajstić information content (AvgIpc) is 2.38. The van der Waals surface area contributed by atoms with Crippen molar-refractivity contribution in [3.05, 3.63) is 0 Å². The summed E-state index contributed by atoms with van der Waals surface area (Å²) < 4.78 is 10.6. The maximum absolute atomic E-state index is 5.36. The Morgan fingerprint density at radius 3 is 2.35 bits per heavy atom. The average molecular weight is 283 g/mol. The molecular weight excluding hydrogens is 258 g/mol. The molecule has 0 aliphatic rings. The fraction of sp³-hybridized carbons (Fsp3) is 0.769. The molecule has 0 fully saturated rings. The molecule has 1 heterocycles. The number of anilines is 2. The summed E-state index contributed by atoms with van der Waals surface area (Å²) >= 11 is 0. The first kappa shape index (κ1) is 16.4. The van der Waals surface area contributed by atoms with Crippen molar-refractivity contribution in [1.82, 2.24) is 15.0 Å². The predicted molar refractivity (Wildman–Crippen MR) is 79.3 cm³/mol. The van der Waals surface area contributed by atoms with E-state index in [-0.39, 0.29) is 6.04 Å². The zero-order chi connectivity index (χ0) is 15.0. The molecule has 0 saturated carbocycles. The molecule has 7 nitrogen and oxygen atoms in total. The van der Waals surface area contributed by atoms with Gasteiger partial charge in [0.15, 0.2) is 0 Å². The van der Waals surface area contributed by atoms with Crippen LogP contribution in [0.3, 0.4) is 0 Å². The maximum Gasteiger partial charge on any atom is 0.323 e. The number of ether oxygens (including phenoxy) is 2. The lowest BCUT2D eigenvalue weighted by Crippen LogP contribution is -2.31. The number of hydrogen-bond acceptors (Lipinski definition) is 7. The van der Waals surface area contributed by atoms with Gasteiger partial charge in [-0.1, -0.05) is 13.8 Å². The largest absolute Gasteiger partial charge is 0.464 e. The second-order valence-corrected chi connectivity index (χ2v) is 4.68. The molecule has 1 rings (SSSR count). The summed E-state index contributed by atoms with van der Waals surface area (Å²) in [5, 5.41) is 6.34. The Balaban J connectivity index is 2.90. The number of methoxy groups -OCH3 is 1. The standard InChI is InChI=1S/C13H25N5O2/c1-6-14-11-16-12(18-13(17-11)20-7-2)15-10(8-19-5)9(3)4/h9-10H,6-8H2,1-5H3,(H2,14,15,16,17,18). The van der Waals surface area contributed by atoms with Crippen LogP contribution >= 0.6 is 0 Å². The van der Waals surface area contributed by atoms with E-state index in [0.29, 0.717) is 37.0 Å². The minimum Gasteiger partial charge on any atom is -0.464 e. The Labute approximate surface area is 120 Å². The Hall–Kier alpha value is -1.63. The Morgan fingerprint density at radius 1 is 1.10 bits per heavy atom. The predicted octanol–water partition coefficient (Wildman–Crippen LogP) is 1.78. The third-order valence-corrected chi connectivity index (χ3v) is 2.69. The van der Waals surface area contributed by atoms with Crippen LogP contribution in [-0.4, -0.2) is 47.9 Å². The Morgan fingerprint density at radius 2 is 1.80 bits per heavy atom. The minimum absolute atomic E-state index is 0.131. The molecule has 20 heavy (non-hydrogen) atoms. The Bertz CT molecular complexity index is 376. The molecule has 0 aliphatic heterocycles. The molecule has 114 valence electrons. The molecule has 1 aromatic heterocycles. The summed E-state index contributed by atoms with van der Waals surface area (Å²) in [5.74, 6) is 1.40. The maximum atomic E-state index is 5.36. The van der Waals surface area contributed by atoms with Gasteiger partial charge in [0.2, 0.25) is 11.9 Å². The van der Waals surface area contributed by atoms with Gasteiger partial charge in [-0.2, -0.15) is 15.0 Å². The van der Waals surface area contributed by atoms with E-state index in [1.165, 1.54) is 0 Å². The van der Waals surface area contributed by atoms with Crippen molar-refractivity contribution >= 4 is 11.9 Å². The molecule has 1 aromatic rings. The molecule has 1 atom stereocenters. The molecule has 0 radical (unpaired) electrons. The lowest BCUT2D eigenvalue weighted by molar-refractivity contribution is 0.170. The normalized spacial score (nSPS) is 12.3. The minimum atomic E-state index is 0.131. The van der Waals surface area contributed by atoms with Gasteiger partial charge in [-0.3, -0.25) is 0 Å². The lowest BCUT2D eigenvalue weighted by atomic mass is 10.1. The third kappa shape index (κ3) is 5.16. The lowest BCUT2D eigenvalue weighted by Gasteiger charge is -2.21. The fourth-order valence-electron chi connectivity index (χ4n) is 1.60. The zero-order valence-corrected chi connectivity index (χ0v) is 12.9. The molecule has 0 saturated heterocycles. The monoisotopic (exact) mass is 283 g/mol. The molecule has 0 aliphatic carbocycles. The summed E-state index contributed by atoms with van der Waals surface area (Å²) in [5.41, 5.74) is 0. The quantitative estimate of drug-likeness (QED) is 0.715. The molecule has 1 unspecified atom stereocenters. The highest BCUT2D eigenvalue weighted by atomic mass is 16.5. The topological polar surface area (TPSA) is 81.2 Å². The number of nitrogens with one attached hydrogen (secondary N) is 2. The molecule has 0 bridgehead atoms. The summed E-state index contributed by atoms with van der Waals surface area (Å²) in [4.78, 5) is 12.8. The number of hydrogen-bond donors (Lipinski definition) is 2. The highest BCUT2D eigenvalue weighted by molar-refractivity contribution is 5.36. The molecule has 2 N–H and O–H groups in total. The first-order chi connectivity index (χ1) is 9.60. The van der Waals surface area contributed by atoms with Gasteiger partial charge in [-0.15, -0.1) is 0 Å². The number of aromatic nitrogens is 3. The van der Waals surface area contributed by atoms with Crippen molar-refractivity contribution in [3.8, 4) is 6.01 Å². The summed E-state index contributed by atoms with van der Waals surface area (Å²) in [6, 6.07) is 0.451. The van der Waals surface area contributed by atoms with E-state index in [1.54, 1.807) is 7.11 Å². The van der Waals surface area contributed by atoms with E-state index in [4.69, 9.17) is 9.47 Å². The third-order valence-electron chi connectivity index (χ3n) is 2.69. The van der Waals surface area contributed by atoms with Gasteiger partial charge in [0.25, 0.3) is 0 Å². The van der Waals surface area contributed by atoms with Gasteiger partial charge in [-0.05, 0) is 19.8 Å². The fourth-order valence-corrected chi connectivity index (χ4v) is 1.60. The molecule has 0 amide bonds. The van der Waals surface area contributed by atoms with Gasteiger partial charge >= 0.3 is 6.01 Å². The van der Waals surface area contributed by atoms with Crippen molar-refractivity contribution < 1.29 is 9.47 Å². The summed E-state index contributed by atoms with van der Waals surface area (Å²) in [6.07, 6.45) is 0. The SMILES string of the molecule is CCNc1nc(NC(COC)C(C)C)nc(OCC)n1. The van der Waals surface area contributed by atoms with Crippen LogP contribution in [0.2, 0.25) is 0 Å². The molecule has 0 spiro atoms. The zero-order valence-electron chi connectivity index (χ0n) is 12.9. The van der Waals surface area contributed by atoms with Gasteiger partial charge < -0.3 is 20.1 Å². The first-order valence-corrected chi connectivity index (χ1v) is 6.98. The van der Waals surface area contributed by atoms with Crippen LogP contribution in [0.4, 0.5) is 11.9 Å². The van der Waals surface area contributed by atoms with Gasteiger partial charge in [-0.25, -0.2) is 0 Å². The molecule has 7 heteroatoms. The van der Waals surface area contributed by atoms with Crippen LogP contribution in [-0.2, 0) is 4.74 Å². The van der Waals surface area contributed by atoms with E-state index in [1.807, 2.05) is 13.8 Å². The van der Waals surface area contributed by atoms with Crippen LogP contribution in [0, 0.1) is 5.92 Å². The van der Waals surface area contributed by atoms with Crippen LogP contribution in [0.5, 0.6) is 6.01 Å². The van der Waals surface area contributed by atoms with E-state index in [2.05, 4.69) is 39.4 Å². The highest BCUT2D eigenvalue weighted by Crippen LogP contribution is 2.14. The second kappa shape index (κ2) is 8.52. The number of rotatable bonds is 9. The van der Waals surface area contributed by atoms with Crippen molar-refractivity contribution in [2.24, 2.45) is 5.92 Å². The van der Waals surface area contributed by atoms with Crippen LogP contribution in [0.1, 0.15) is 27.7 Å². The van der Waals surface area contributed by atoms with Crippen molar-refractivity contribution in [2.75, 3.05) is 37.5 Å². The smallest absolute Gasteiger partial charge is 0.323 e. The molecular formula is C13H25N5O2. The van der Waals surface area contributed by atoms with E-state index in [0.717, 1.165) is 6.54 Å². The number of nitrogens with zero attached hydrogens (tertiary/aromatic N) is 3. The van der Waals surface area contributed by atoms with Crippen LogP contribution in [0.25, 0.3) is 0 Å². The molecule has 0 aromatic carbocycles. The van der Waals surface area contributed by atoms with Crippen molar-refractivity contribution in [1.29, 1.82) is 0 Å². The van der Waals surface area contributed by atoms with Gasteiger partial charge in [0, 0.05) is 13.7 Å². The van der Waals surface area contributed by atoms with Crippen molar-refractivity contribution in [2.45, 2.75) is 33.7 Å². The Kier molecular flexibility index (Phi) is 7.00. The first-order valence-electron chi connectivity index (χ1n) is 6.98.